The quantitative estimate of drug-likeness (QED) is 0.755. The van der Waals surface area contributed by atoms with E-state index in [4.69, 9.17) is 0 Å². The number of thiophene rings is 1. The van der Waals surface area contributed by atoms with E-state index in [0.717, 1.165) is 6.42 Å². The Morgan fingerprint density at radius 1 is 1.00 bits per heavy atom. The molecule has 2 heteroatoms. The van der Waals surface area contributed by atoms with E-state index in [1.807, 2.05) is 6.07 Å². The second-order valence-electron chi connectivity index (χ2n) is 2.87. The molecule has 2 aromatic rings. The van der Waals surface area contributed by atoms with Gasteiger partial charge in [0, 0.05) is 11.3 Å². The molecule has 0 saturated carbocycles. The molecule has 1 aromatic heterocycles. The lowest BCUT2D eigenvalue weighted by atomic mass is 10.1. The van der Waals surface area contributed by atoms with E-state index >= 15 is 0 Å². The number of hydrogen-bond donors (Lipinski definition) is 0. The molecule has 0 atom stereocenters. The number of hydrogen-bond acceptors (Lipinski definition) is 1. The fourth-order valence-corrected chi connectivity index (χ4v) is 2.76. The van der Waals surface area contributed by atoms with Crippen LogP contribution in [0.3, 0.4) is 0 Å². The largest absolute Gasteiger partial charge is 0.133 e. The fourth-order valence-electron chi connectivity index (χ4n) is 1.24. The molecule has 0 radical (unpaired) electrons. The van der Waals surface area contributed by atoms with Crippen LogP contribution >= 0.6 is 27.3 Å². The van der Waals surface area contributed by atoms with Gasteiger partial charge >= 0.3 is 0 Å². The average molecular weight is 253 g/mol. The van der Waals surface area contributed by atoms with Crippen LogP contribution in [0.2, 0.25) is 0 Å². The monoisotopic (exact) mass is 252 g/mol. The van der Waals surface area contributed by atoms with E-state index in [1.165, 1.54) is 14.2 Å². The standard InChI is InChI=1S/C11H9BrS/c12-11-7-6-10(13-11)8-9-4-2-1-3-5-9/h1-7H,8H2. The summed E-state index contributed by atoms with van der Waals surface area (Å²) in [4.78, 5) is 1.40. The predicted molar refractivity (Wildman–Crippen MR) is 61.3 cm³/mol. The highest BCUT2D eigenvalue weighted by atomic mass is 79.9. The van der Waals surface area contributed by atoms with Crippen molar-refractivity contribution in [2.45, 2.75) is 6.42 Å². The van der Waals surface area contributed by atoms with Crippen LogP contribution in [0, 0.1) is 0 Å². The molecule has 1 aromatic carbocycles. The lowest BCUT2D eigenvalue weighted by molar-refractivity contribution is 1.24. The summed E-state index contributed by atoms with van der Waals surface area (Å²) < 4.78 is 1.21. The van der Waals surface area contributed by atoms with E-state index in [2.05, 4.69) is 52.3 Å². The van der Waals surface area contributed by atoms with Gasteiger partial charge in [0.1, 0.15) is 0 Å². The maximum atomic E-state index is 3.46. The van der Waals surface area contributed by atoms with Crippen molar-refractivity contribution >= 4 is 27.3 Å². The molecular formula is C11H9BrS. The van der Waals surface area contributed by atoms with Crippen molar-refractivity contribution < 1.29 is 0 Å². The third kappa shape index (κ3) is 2.42. The lowest BCUT2D eigenvalue weighted by Gasteiger charge is -1.96. The predicted octanol–water partition coefficient (Wildman–Crippen LogP) is 4.10. The number of halogens is 1. The summed E-state index contributed by atoms with van der Waals surface area (Å²) in [7, 11) is 0. The zero-order valence-corrected chi connectivity index (χ0v) is 9.44. The van der Waals surface area contributed by atoms with Crippen LogP contribution in [-0.2, 0) is 6.42 Å². The van der Waals surface area contributed by atoms with Crippen LogP contribution in [0.25, 0.3) is 0 Å². The number of rotatable bonds is 2. The van der Waals surface area contributed by atoms with E-state index in [0.29, 0.717) is 0 Å². The van der Waals surface area contributed by atoms with Gasteiger partial charge in [0.25, 0.3) is 0 Å². The molecule has 0 N–H and O–H groups in total. The molecule has 66 valence electrons. The van der Waals surface area contributed by atoms with Crippen molar-refractivity contribution in [2.75, 3.05) is 0 Å². The van der Waals surface area contributed by atoms with Gasteiger partial charge in [-0.3, -0.25) is 0 Å². The topological polar surface area (TPSA) is 0 Å². The molecule has 0 spiro atoms. The molecule has 0 aliphatic heterocycles. The fraction of sp³-hybridized carbons (Fsp3) is 0.0909. The molecular weight excluding hydrogens is 244 g/mol. The Labute approximate surface area is 90.4 Å². The smallest absolute Gasteiger partial charge is 0.0701 e. The Kier molecular flexibility index (Phi) is 2.81. The first-order valence-electron chi connectivity index (χ1n) is 4.13. The van der Waals surface area contributed by atoms with Gasteiger partial charge in [0.2, 0.25) is 0 Å². The third-order valence-electron chi connectivity index (χ3n) is 1.85. The molecule has 2 rings (SSSR count). The molecule has 0 unspecified atom stereocenters. The van der Waals surface area contributed by atoms with E-state index in [9.17, 15) is 0 Å². The highest BCUT2D eigenvalue weighted by Crippen LogP contribution is 2.24. The molecule has 13 heavy (non-hydrogen) atoms. The van der Waals surface area contributed by atoms with E-state index in [-0.39, 0.29) is 0 Å². The van der Waals surface area contributed by atoms with Crippen LogP contribution in [0.1, 0.15) is 10.4 Å². The Morgan fingerprint density at radius 3 is 2.38 bits per heavy atom. The van der Waals surface area contributed by atoms with Crippen molar-refractivity contribution in [3.8, 4) is 0 Å². The van der Waals surface area contributed by atoms with Gasteiger partial charge in [-0.05, 0) is 33.6 Å². The summed E-state index contributed by atoms with van der Waals surface area (Å²) in [5, 5.41) is 0. The Hall–Kier alpha value is -0.600. The van der Waals surface area contributed by atoms with Crippen molar-refractivity contribution in [3.63, 3.8) is 0 Å². The van der Waals surface area contributed by atoms with Crippen molar-refractivity contribution in [1.82, 2.24) is 0 Å². The molecule has 0 aliphatic carbocycles. The summed E-state index contributed by atoms with van der Waals surface area (Å²) in [5.74, 6) is 0. The van der Waals surface area contributed by atoms with Crippen molar-refractivity contribution in [3.05, 3.63) is 56.7 Å². The molecule has 1 heterocycles. The normalized spacial score (nSPS) is 10.2. The molecule has 0 aliphatic rings. The Balaban J connectivity index is 2.15. The second-order valence-corrected chi connectivity index (χ2v) is 5.42. The maximum Gasteiger partial charge on any atom is 0.0701 e. The van der Waals surface area contributed by atoms with Crippen molar-refractivity contribution in [1.29, 1.82) is 0 Å². The molecule has 0 nitrogen and oxygen atoms in total. The minimum Gasteiger partial charge on any atom is -0.133 e. The molecule has 0 fully saturated rings. The van der Waals surface area contributed by atoms with Crippen LogP contribution in [0.5, 0.6) is 0 Å². The Morgan fingerprint density at radius 2 is 1.77 bits per heavy atom. The lowest BCUT2D eigenvalue weighted by Crippen LogP contribution is -1.81. The first kappa shape index (κ1) is 8.97. The van der Waals surface area contributed by atoms with Crippen LogP contribution in [0.15, 0.2) is 46.3 Å². The van der Waals surface area contributed by atoms with Gasteiger partial charge in [-0.1, -0.05) is 30.3 Å². The SMILES string of the molecule is Brc1ccc(Cc2ccccc2)s1. The van der Waals surface area contributed by atoms with Crippen molar-refractivity contribution in [2.24, 2.45) is 0 Å². The minimum absolute atomic E-state index is 1.04. The summed E-state index contributed by atoms with van der Waals surface area (Å²) in [6, 6.07) is 14.8. The molecule has 0 bridgehead atoms. The molecule has 0 saturated heterocycles. The minimum atomic E-state index is 1.04. The highest BCUT2D eigenvalue weighted by molar-refractivity contribution is 9.11. The number of benzene rings is 1. The summed E-state index contributed by atoms with van der Waals surface area (Å²) in [6.45, 7) is 0. The highest BCUT2D eigenvalue weighted by Gasteiger charge is 1.98. The first-order chi connectivity index (χ1) is 6.34. The van der Waals surface area contributed by atoms with E-state index in [1.54, 1.807) is 11.3 Å². The second kappa shape index (κ2) is 4.07. The van der Waals surface area contributed by atoms with Crippen LogP contribution in [0.4, 0.5) is 0 Å². The van der Waals surface area contributed by atoms with Crippen LogP contribution in [-0.4, -0.2) is 0 Å². The van der Waals surface area contributed by atoms with Gasteiger partial charge < -0.3 is 0 Å². The van der Waals surface area contributed by atoms with Gasteiger partial charge in [-0.2, -0.15) is 0 Å². The zero-order valence-electron chi connectivity index (χ0n) is 7.03. The summed E-state index contributed by atoms with van der Waals surface area (Å²) in [5.41, 5.74) is 1.37. The average Bonchev–Trinajstić information content (AvgIpc) is 2.53. The Bertz CT molecular complexity index is 378. The first-order valence-corrected chi connectivity index (χ1v) is 5.74. The van der Waals surface area contributed by atoms with Gasteiger partial charge in [0.05, 0.1) is 3.79 Å². The summed E-state index contributed by atoms with van der Waals surface area (Å²) >= 11 is 5.26. The molecule has 0 amide bonds. The summed E-state index contributed by atoms with van der Waals surface area (Å²) in [6.07, 6.45) is 1.04. The maximum absolute atomic E-state index is 3.46. The third-order valence-corrected chi connectivity index (χ3v) is 3.47. The van der Waals surface area contributed by atoms with Gasteiger partial charge in [-0.25, -0.2) is 0 Å². The van der Waals surface area contributed by atoms with E-state index < -0.39 is 0 Å². The van der Waals surface area contributed by atoms with Gasteiger partial charge in [0.15, 0.2) is 0 Å². The zero-order chi connectivity index (χ0) is 9.10. The van der Waals surface area contributed by atoms with Gasteiger partial charge in [-0.15, -0.1) is 11.3 Å². The van der Waals surface area contributed by atoms with Crippen LogP contribution < -0.4 is 0 Å².